The Bertz CT molecular complexity index is 709. The highest BCUT2D eigenvalue weighted by atomic mass is 16.6. The van der Waals surface area contributed by atoms with Crippen LogP contribution in [0.4, 0.5) is 4.79 Å². The van der Waals surface area contributed by atoms with Crippen molar-refractivity contribution in [2.45, 2.75) is 51.9 Å². The summed E-state index contributed by atoms with van der Waals surface area (Å²) in [6, 6.07) is 5.35. The van der Waals surface area contributed by atoms with E-state index in [4.69, 9.17) is 14.0 Å². The predicted octanol–water partition coefficient (Wildman–Crippen LogP) is 3.72. The Hall–Kier alpha value is -2.57. The van der Waals surface area contributed by atoms with Gasteiger partial charge in [0.1, 0.15) is 23.7 Å². The summed E-state index contributed by atoms with van der Waals surface area (Å²) in [5, 5.41) is 4.12. The number of likely N-dealkylation sites (tertiary alicyclic amines) is 1. The zero-order chi connectivity index (χ0) is 17.9. The van der Waals surface area contributed by atoms with E-state index in [1.165, 1.54) is 0 Å². The Morgan fingerprint density at radius 2 is 2.28 bits per heavy atom. The van der Waals surface area contributed by atoms with Crippen molar-refractivity contribution in [2.24, 2.45) is 0 Å². The molecule has 1 aliphatic heterocycles. The van der Waals surface area contributed by atoms with Crippen LogP contribution in [0.5, 0.6) is 5.75 Å². The smallest absolute Gasteiger partial charge is 0.410 e. The molecule has 3 rings (SSSR count). The van der Waals surface area contributed by atoms with Crippen molar-refractivity contribution < 1.29 is 18.8 Å². The van der Waals surface area contributed by atoms with Crippen LogP contribution < -0.4 is 4.74 Å². The fraction of sp³-hybridized carbons (Fsp3) is 0.500. The molecule has 0 unspecified atom stereocenters. The van der Waals surface area contributed by atoms with Crippen molar-refractivity contribution in [1.29, 1.82) is 0 Å². The molecule has 0 bridgehead atoms. The Morgan fingerprint density at radius 3 is 3.00 bits per heavy atom. The fourth-order valence-corrected chi connectivity index (χ4v) is 2.75. The summed E-state index contributed by atoms with van der Waals surface area (Å²) < 4.78 is 16.4. The lowest BCUT2D eigenvalue weighted by molar-refractivity contribution is 0.0219. The molecule has 0 aliphatic carbocycles. The average molecular weight is 345 g/mol. The molecule has 1 fully saturated rings. The second-order valence-corrected chi connectivity index (χ2v) is 7.03. The number of carbonyl (C=O) groups excluding carboxylic acids is 1. The molecule has 0 saturated carbocycles. The third kappa shape index (κ3) is 4.49. The first-order valence-corrected chi connectivity index (χ1v) is 8.40. The molecule has 1 atom stereocenters. The monoisotopic (exact) mass is 345 g/mol. The Balaban J connectivity index is 1.63. The summed E-state index contributed by atoms with van der Waals surface area (Å²) >= 11 is 0. The summed E-state index contributed by atoms with van der Waals surface area (Å²) in [4.78, 5) is 18.1. The number of aromatic nitrogens is 2. The Kier molecular flexibility index (Phi) is 4.92. The maximum absolute atomic E-state index is 12.4. The normalized spacial score (nSPS) is 17.6. The average Bonchev–Trinajstić information content (AvgIpc) is 3.21. The first-order valence-electron chi connectivity index (χ1n) is 8.40. The highest BCUT2D eigenvalue weighted by Gasteiger charge is 2.35. The van der Waals surface area contributed by atoms with E-state index < -0.39 is 5.60 Å². The molecule has 7 heteroatoms. The predicted molar refractivity (Wildman–Crippen MR) is 90.0 cm³/mol. The van der Waals surface area contributed by atoms with E-state index in [9.17, 15) is 4.79 Å². The van der Waals surface area contributed by atoms with Crippen LogP contribution in [0.25, 0.3) is 0 Å². The topological polar surface area (TPSA) is 77.7 Å². The number of rotatable bonds is 4. The zero-order valence-corrected chi connectivity index (χ0v) is 14.8. The minimum Gasteiger partial charge on any atom is -0.484 e. The number of amides is 1. The van der Waals surface area contributed by atoms with E-state index in [-0.39, 0.29) is 18.7 Å². The van der Waals surface area contributed by atoms with Crippen molar-refractivity contribution in [1.82, 2.24) is 15.0 Å². The van der Waals surface area contributed by atoms with Gasteiger partial charge in [0, 0.05) is 18.8 Å². The maximum Gasteiger partial charge on any atom is 0.410 e. The van der Waals surface area contributed by atoms with E-state index >= 15 is 0 Å². The molecule has 134 valence electrons. The quantitative estimate of drug-likeness (QED) is 0.840. The summed E-state index contributed by atoms with van der Waals surface area (Å²) in [6.45, 7) is 6.51. The van der Waals surface area contributed by atoms with E-state index in [0.29, 0.717) is 18.1 Å². The van der Waals surface area contributed by atoms with Gasteiger partial charge in [0.15, 0.2) is 5.76 Å². The summed E-state index contributed by atoms with van der Waals surface area (Å²) in [5.74, 6) is 1.27. The lowest BCUT2D eigenvalue weighted by Crippen LogP contribution is -2.36. The van der Waals surface area contributed by atoms with Crippen LogP contribution >= 0.6 is 0 Å². The largest absolute Gasteiger partial charge is 0.484 e. The summed E-state index contributed by atoms with van der Waals surface area (Å²) in [7, 11) is 0. The van der Waals surface area contributed by atoms with Crippen molar-refractivity contribution in [2.75, 3.05) is 6.54 Å². The molecule has 0 spiro atoms. The molecule has 1 aliphatic rings. The van der Waals surface area contributed by atoms with Crippen LogP contribution in [0, 0.1) is 0 Å². The van der Waals surface area contributed by atoms with Crippen LogP contribution in [0.15, 0.2) is 35.1 Å². The second kappa shape index (κ2) is 7.13. The minimum absolute atomic E-state index is 0.120. The number of hydrogen-bond acceptors (Lipinski definition) is 6. The van der Waals surface area contributed by atoms with Gasteiger partial charge in [-0.25, -0.2) is 4.79 Å². The SMILES string of the molecule is CC(C)(C)OC(=O)N1CCC[C@H]1c1cc(COc2cccnc2)on1. The van der Waals surface area contributed by atoms with Gasteiger partial charge in [0.2, 0.25) is 0 Å². The Labute approximate surface area is 146 Å². The van der Waals surface area contributed by atoms with Crippen molar-refractivity contribution in [3.05, 3.63) is 42.0 Å². The Morgan fingerprint density at radius 1 is 1.44 bits per heavy atom. The summed E-state index contributed by atoms with van der Waals surface area (Å²) in [6.07, 6.45) is 4.77. The number of ether oxygens (including phenoxy) is 2. The van der Waals surface area contributed by atoms with E-state index in [2.05, 4.69) is 10.1 Å². The molecule has 7 nitrogen and oxygen atoms in total. The number of carbonyl (C=O) groups is 1. The third-order valence-electron chi connectivity index (χ3n) is 3.81. The van der Waals surface area contributed by atoms with Crippen LogP contribution in [0.2, 0.25) is 0 Å². The van der Waals surface area contributed by atoms with E-state index in [1.54, 1.807) is 23.4 Å². The van der Waals surface area contributed by atoms with Gasteiger partial charge in [0.05, 0.1) is 12.2 Å². The van der Waals surface area contributed by atoms with Gasteiger partial charge in [-0.2, -0.15) is 0 Å². The van der Waals surface area contributed by atoms with Gasteiger partial charge in [-0.15, -0.1) is 0 Å². The lowest BCUT2D eigenvalue weighted by Gasteiger charge is -2.27. The van der Waals surface area contributed by atoms with E-state index in [0.717, 1.165) is 18.5 Å². The van der Waals surface area contributed by atoms with Crippen LogP contribution in [0.1, 0.15) is 51.1 Å². The molecule has 0 N–H and O–H groups in total. The molecule has 1 saturated heterocycles. The van der Waals surface area contributed by atoms with Gasteiger partial charge in [0.25, 0.3) is 0 Å². The minimum atomic E-state index is -0.517. The molecule has 3 heterocycles. The number of nitrogens with zero attached hydrogens (tertiary/aromatic N) is 3. The lowest BCUT2D eigenvalue weighted by atomic mass is 10.1. The van der Waals surface area contributed by atoms with Gasteiger partial charge in [-0.05, 0) is 45.7 Å². The van der Waals surface area contributed by atoms with Crippen LogP contribution in [0.3, 0.4) is 0 Å². The first-order chi connectivity index (χ1) is 11.9. The number of hydrogen-bond donors (Lipinski definition) is 0. The molecule has 2 aromatic heterocycles. The standard InChI is InChI=1S/C18H23N3O4/c1-18(2,3)24-17(22)21-9-5-7-16(21)15-10-14(25-20-15)12-23-13-6-4-8-19-11-13/h4,6,8,10-11,16H,5,7,9,12H2,1-3H3/t16-/m0/s1. The van der Waals surface area contributed by atoms with Crippen LogP contribution in [-0.2, 0) is 11.3 Å². The highest BCUT2D eigenvalue weighted by Crippen LogP contribution is 2.33. The fourth-order valence-electron chi connectivity index (χ4n) is 2.75. The molecule has 25 heavy (non-hydrogen) atoms. The molecule has 0 aromatic carbocycles. The maximum atomic E-state index is 12.4. The highest BCUT2D eigenvalue weighted by molar-refractivity contribution is 5.69. The number of pyridine rings is 1. The zero-order valence-electron chi connectivity index (χ0n) is 14.8. The van der Waals surface area contributed by atoms with Crippen molar-refractivity contribution >= 4 is 6.09 Å². The molecule has 1 amide bonds. The van der Waals surface area contributed by atoms with Gasteiger partial charge >= 0.3 is 6.09 Å². The molecule has 0 radical (unpaired) electrons. The van der Waals surface area contributed by atoms with Crippen molar-refractivity contribution in [3.8, 4) is 5.75 Å². The van der Waals surface area contributed by atoms with Gasteiger partial charge in [-0.1, -0.05) is 5.16 Å². The first kappa shape index (κ1) is 17.3. The molecule has 2 aromatic rings. The van der Waals surface area contributed by atoms with E-state index in [1.807, 2.05) is 32.9 Å². The molecular weight excluding hydrogens is 322 g/mol. The van der Waals surface area contributed by atoms with Crippen molar-refractivity contribution in [3.63, 3.8) is 0 Å². The van der Waals surface area contributed by atoms with Gasteiger partial charge in [-0.3, -0.25) is 9.88 Å². The van der Waals surface area contributed by atoms with Crippen LogP contribution in [-0.4, -0.2) is 33.3 Å². The second-order valence-electron chi connectivity index (χ2n) is 7.03. The molecular formula is C18H23N3O4. The van der Waals surface area contributed by atoms with Gasteiger partial charge < -0.3 is 14.0 Å². The third-order valence-corrected chi connectivity index (χ3v) is 3.81. The summed E-state index contributed by atoms with van der Waals surface area (Å²) in [5.41, 5.74) is 0.213.